The second kappa shape index (κ2) is 10.3. The molecule has 0 amide bonds. The van der Waals surface area contributed by atoms with E-state index in [1.807, 2.05) is 30.5 Å². The number of carbonyl (C=O) groups excluding carboxylic acids is 2. The highest BCUT2D eigenvalue weighted by molar-refractivity contribution is 5.68. The first-order valence-corrected chi connectivity index (χ1v) is 10.2. The van der Waals surface area contributed by atoms with Crippen molar-refractivity contribution in [2.75, 3.05) is 5.73 Å². The van der Waals surface area contributed by atoms with Gasteiger partial charge in [-0.25, -0.2) is 14.6 Å². The smallest absolute Gasteiger partial charge is 0.368 e. The lowest BCUT2D eigenvalue weighted by molar-refractivity contribution is -0.191. The van der Waals surface area contributed by atoms with Crippen LogP contribution in [0.4, 0.5) is 5.95 Å². The van der Waals surface area contributed by atoms with Crippen LogP contribution in [-0.2, 0) is 21.5 Å². The summed E-state index contributed by atoms with van der Waals surface area (Å²) in [6, 6.07) is 17.1. The van der Waals surface area contributed by atoms with E-state index in [0.29, 0.717) is 29.2 Å². The van der Waals surface area contributed by atoms with Crippen LogP contribution in [0.1, 0.15) is 37.7 Å². The number of anilines is 1. The molecule has 10 heteroatoms. The first-order chi connectivity index (χ1) is 16.2. The van der Waals surface area contributed by atoms with Crippen molar-refractivity contribution in [2.24, 2.45) is 0 Å². The number of benzene rings is 1. The highest BCUT2D eigenvalue weighted by Gasteiger charge is 2.16. The van der Waals surface area contributed by atoms with Gasteiger partial charge in [0.25, 0.3) is 0 Å². The van der Waals surface area contributed by atoms with Crippen LogP contribution in [0.3, 0.4) is 0 Å². The Labute approximate surface area is 196 Å². The summed E-state index contributed by atoms with van der Waals surface area (Å²) in [4.78, 5) is 29.6. The number of nitrogens with zero attached hydrogens (tertiary/aromatic N) is 7. The van der Waals surface area contributed by atoms with Crippen molar-refractivity contribution >= 4 is 12.1 Å². The van der Waals surface area contributed by atoms with Gasteiger partial charge in [-0.1, -0.05) is 44.2 Å². The number of nitriles is 1. The minimum absolute atomic E-state index is 0.0265. The van der Waals surface area contributed by atoms with E-state index >= 15 is 0 Å². The minimum Gasteiger partial charge on any atom is -0.368 e. The normalized spacial score (nSPS) is 10.5. The molecule has 0 bridgehead atoms. The summed E-state index contributed by atoms with van der Waals surface area (Å²) in [6.07, 6.45) is 2.06. The molecule has 2 N–H and O–H groups in total. The summed E-state index contributed by atoms with van der Waals surface area (Å²) >= 11 is 0. The number of rotatable bonds is 4. The Bertz CT molecular complexity index is 1380. The maximum Gasteiger partial charge on any atom is 0.373 e. The van der Waals surface area contributed by atoms with E-state index in [1.165, 1.54) is 0 Å². The van der Waals surface area contributed by atoms with E-state index in [1.54, 1.807) is 28.9 Å². The fourth-order valence-electron chi connectivity index (χ4n) is 3.14. The van der Waals surface area contributed by atoms with Crippen molar-refractivity contribution in [3.63, 3.8) is 0 Å². The molecular weight excluding hydrogens is 432 g/mol. The van der Waals surface area contributed by atoms with Crippen LogP contribution in [0.25, 0.3) is 22.6 Å². The SMILES string of the molecule is CC(C)(C)c1cccc(Cn2cc(-c3cc(-c4cccc(C#N)c4)nc(N)n3)nn2)n1.O=C=O. The lowest BCUT2D eigenvalue weighted by Crippen LogP contribution is -2.15. The fraction of sp³-hybridized carbons (Fsp3) is 0.208. The number of nitrogen functional groups attached to an aromatic ring is 1. The number of hydrogen-bond donors (Lipinski definition) is 1. The molecule has 3 aromatic heterocycles. The molecule has 4 aromatic rings. The van der Waals surface area contributed by atoms with E-state index in [0.717, 1.165) is 17.0 Å². The molecule has 0 aliphatic rings. The predicted molar refractivity (Wildman–Crippen MR) is 123 cm³/mol. The lowest BCUT2D eigenvalue weighted by atomic mass is 9.91. The van der Waals surface area contributed by atoms with Crippen molar-refractivity contribution in [1.82, 2.24) is 29.9 Å². The Hall–Kier alpha value is -4.74. The Morgan fingerprint density at radius 1 is 0.971 bits per heavy atom. The van der Waals surface area contributed by atoms with Crippen LogP contribution in [0.5, 0.6) is 0 Å². The quantitative estimate of drug-likeness (QED) is 0.490. The molecule has 3 heterocycles. The monoisotopic (exact) mass is 454 g/mol. The zero-order chi connectivity index (χ0) is 24.7. The number of hydrogen-bond acceptors (Lipinski definition) is 9. The molecule has 1 aromatic carbocycles. The molecule has 34 heavy (non-hydrogen) atoms. The maximum absolute atomic E-state index is 9.15. The van der Waals surface area contributed by atoms with Crippen LogP contribution < -0.4 is 5.73 Å². The molecule has 0 unspecified atom stereocenters. The lowest BCUT2D eigenvalue weighted by Gasteiger charge is -2.18. The Balaban J connectivity index is 0.00000103. The molecule has 0 spiro atoms. The van der Waals surface area contributed by atoms with Gasteiger partial charge in [0, 0.05) is 16.7 Å². The summed E-state index contributed by atoms with van der Waals surface area (Å²) < 4.78 is 1.72. The van der Waals surface area contributed by atoms with E-state index < -0.39 is 0 Å². The second-order valence-corrected chi connectivity index (χ2v) is 8.34. The Morgan fingerprint density at radius 2 is 1.68 bits per heavy atom. The highest BCUT2D eigenvalue weighted by Crippen LogP contribution is 2.24. The van der Waals surface area contributed by atoms with Crippen molar-refractivity contribution in [1.29, 1.82) is 5.26 Å². The van der Waals surface area contributed by atoms with Gasteiger partial charge in [0.05, 0.1) is 41.5 Å². The molecule has 0 saturated heterocycles. The van der Waals surface area contributed by atoms with Gasteiger partial charge in [-0.15, -0.1) is 5.10 Å². The molecule has 4 rings (SSSR count). The van der Waals surface area contributed by atoms with Crippen LogP contribution in [0.2, 0.25) is 0 Å². The molecule has 0 aliphatic carbocycles. The van der Waals surface area contributed by atoms with Gasteiger partial charge in [0.1, 0.15) is 5.69 Å². The van der Waals surface area contributed by atoms with Crippen LogP contribution in [0, 0.1) is 11.3 Å². The van der Waals surface area contributed by atoms with Gasteiger partial charge in [-0.3, -0.25) is 4.98 Å². The predicted octanol–water partition coefficient (Wildman–Crippen LogP) is 3.01. The molecule has 170 valence electrons. The Morgan fingerprint density at radius 3 is 2.38 bits per heavy atom. The molecule has 0 saturated carbocycles. The number of pyridine rings is 1. The average Bonchev–Trinajstić information content (AvgIpc) is 3.27. The zero-order valence-electron chi connectivity index (χ0n) is 18.9. The van der Waals surface area contributed by atoms with Gasteiger partial charge in [0.15, 0.2) is 0 Å². The van der Waals surface area contributed by atoms with Crippen LogP contribution >= 0.6 is 0 Å². The van der Waals surface area contributed by atoms with E-state index in [4.69, 9.17) is 25.6 Å². The summed E-state index contributed by atoms with van der Waals surface area (Å²) in [6.45, 7) is 6.90. The first kappa shape index (κ1) is 23.9. The standard InChI is InChI=1S/C23H22N8.CO2/c1-23(2,3)21-9-5-8-17(26-21)13-31-14-20(29-30-31)19-11-18(27-22(25)28-19)16-7-4-6-15(10-16)12-24;2-1-3/h4-11,14H,13H2,1-3H3,(H2,25,27,28);. The summed E-state index contributed by atoms with van der Waals surface area (Å²) in [5.74, 6) is 0.129. The first-order valence-electron chi connectivity index (χ1n) is 10.2. The van der Waals surface area contributed by atoms with Crippen molar-refractivity contribution in [3.05, 3.63) is 71.7 Å². The third-order valence-electron chi connectivity index (χ3n) is 4.73. The molecule has 10 nitrogen and oxygen atoms in total. The molecule has 0 aliphatic heterocycles. The minimum atomic E-state index is -0.0265. The van der Waals surface area contributed by atoms with Gasteiger partial charge in [-0.05, 0) is 30.3 Å². The topological polar surface area (TPSA) is 153 Å². The highest BCUT2D eigenvalue weighted by atomic mass is 16.2. The molecular formula is C24H22N8O2. The van der Waals surface area contributed by atoms with Crippen LogP contribution in [-0.4, -0.2) is 36.1 Å². The van der Waals surface area contributed by atoms with E-state index in [-0.39, 0.29) is 17.5 Å². The third-order valence-corrected chi connectivity index (χ3v) is 4.73. The summed E-state index contributed by atoms with van der Waals surface area (Å²) in [5.41, 5.74) is 10.9. The third kappa shape index (κ3) is 5.94. The number of aromatic nitrogens is 6. The molecule has 0 atom stereocenters. The molecule has 0 fully saturated rings. The van der Waals surface area contributed by atoms with E-state index in [2.05, 4.69) is 47.1 Å². The van der Waals surface area contributed by atoms with Gasteiger partial charge in [0.2, 0.25) is 5.95 Å². The van der Waals surface area contributed by atoms with Crippen LogP contribution in [0.15, 0.2) is 54.7 Å². The van der Waals surface area contributed by atoms with Gasteiger partial charge in [-0.2, -0.15) is 14.9 Å². The van der Waals surface area contributed by atoms with E-state index in [9.17, 15) is 0 Å². The molecule has 0 radical (unpaired) electrons. The van der Waals surface area contributed by atoms with Crippen molar-refractivity contribution < 1.29 is 9.59 Å². The van der Waals surface area contributed by atoms with Crippen molar-refractivity contribution in [2.45, 2.75) is 32.7 Å². The summed E-state index contributed by atoms with van der Waals surface area (Å²) in [5, 5.41) is 17.6. The maximum atomic E-state index is 9.15. The van der Waals surface area contributed by atoms with Gasteiger partial charge >= 0.3 is 6.15 Å². The number of nitrogens with two attached hydrogens (primary N) is 1. The largest absolute Gasteiger partial charge is 0.373 e. The second-order valence-electron chi connectivity index (χ2n) is 8.34. The summed E-state index contributed by atoms with van der Waals surface area (Å²) in [7, 11) is 0. The fourth-order valence-corrected chi connectivity index (χ4v) is 3.14. The Kier molecular flexibility index (Phi) is 7.21. The zero-order valence-corrected chi connectivity index (χ0v) is 18.9. The van der Waals surface area contributed by atoms with Crippen molar-refractivity contribution in [3.8, 4) is 28.7 Å². The van der Waals surface area contributed by atoms with Gasteiger partial charge < -0.3 is 5.73 Å². The average molecular weight is 454 g/mol.